The van der Waals surface area contributed by atoms with Crippen LogP contribution in [0.15, 0.2) is 39.9 Å². The Morgan fingerprint density at radius 2 is 1.32 bits per heavy atom. The average molecular weight is 260 g/mol. The Balaban J connectivity index is 2.65. The monoisotopic (exact) mass is 260 g/mol. The maximum atomic E-state index is 11.3. The number of hydrogen-bond donors (Lipinski definition) is 3. The summed E-state index contributed by atoms with van der Waals surface area (Å²) in [6, 6.07) is 5.77. The van der Waals surface area contributed by atoms with Crippen molar-refractivity contribution >= 4 is 11.0 Å². The van der Waals surface area contributed by atoms with Crippen LogP contribution in [0.4, 0.5) is 0 Å². The molecule has 1 aromatic carbocycles. The van der Waals surface area contributed by atoms with Crippen LogP contribution >= 0.6 is 0 Å². The van der Waals surface area contributed by atoms with Crippen molar-refractivity contribution in [3.8, 4) is 17.1 Å². The van der Waals surface area contributed by atoms with E-state index in [0.29, 0.717) is 9.46 Å². The van der Waals surface area contributed by atoms with Gasteiger partial charge in [0.25, 0.3) is 0 Å². The summed E-state index contributed by atoms with van der Waals surface area (Å²) in [5.41, 5.74) is -1.36. The number of benzene rings is 2. The summed E-state index contributed by atoms with van der Waals surface area (Å²) in [4.78, 5) is 22.6. The molecule has 1 heterocycles. The van der Waals surface area contributed by atoms with Gasteiger partial charge in [-0.1, -0.05) is 0 Å². The summed E-state index contributed by atoms with van der Waals surface area (Å²) in [6.07, 6.45) is 0. The molecule has 0 unspecified atom stereocenters. The Kier molecular flexibility index (Phi) is 2.06. The predicted octanol–water partition coefficient (Wildman–Crippen LogP) is 0.448. The number of phenols is 1. The van der Waals surface area contributed by atoms with Crippen molar-refractivity contribution in [3.63, 3.8) is 0 Å². The first kappa shape index (κ1) is 11.1. The minimum atomic E-state index is -0.796. The van der Waals surface area contributed by atoms with Gasteiger partial charge in [-0.3, -0.25) is 9.59 Å². The molecular formula is C12H8N2O5. The first-order valence-electron chi connectivity index (χ1n) is 5.32. The molecule has 7 nitrogen and oxygen atoms in total. The second kappa shape index (κ2) is 3.52. The molecular weight excluding hydrogens is 252 g/mol. The zero-order valence-electron chi connectivity index (χ0n) is 9.44. The van der Waals surface area contributed by atoms with Gasteiger partial charge < -0.3 is 15.5 Å². The summed E-state index contributed by atoms with van der Waals surface area (Å²) in [6.45, 7) is 0. The molecule has 2 aliphatic rings. The molecule has 0 bridgehead atoms. The van der Waals surface area contributed by atoms with Gasteiger partial charge in [0, 0.05) is 18.2 Å². The molecule has 0 spiro atoms. The summed E-state index contributed by atoms with van der Waals surface area (Å²) in [7, 11) is 0. The Morgan fingerprint density at radius 3 is 1.89 bits per heavy atom. The highest BCUT2D eigenvalue weighted by Crippen LogP contribution is 2.26. The third-order valence-electron chi connectivity index (χ3n) is 2.91. The lowest BCUT2D eigenvalue weighted by Gasteiger charge is -2.16. The van der Waals surface area contributed by atoms with Crippen molar-refractivity contribution in [1.82, 2.24) is 9.46 Å². The van der Waals surface area contributed by atoms with Gasteiger partial charge in [0.2, 0.25) is 10.9 Å². The minimum absolute atomic E-state index is 0.00899. The van der Waals surface area contributed by atoms with Crippen LogP contribution in [-0.2, 0) is 0 Å². The summed E-state index contributed by atoms with van der Waals surface area (Å²) in [5, 5.41) is 29.4. The van der Waals surface area contributed by atoms with E-state index >= 15 is 0 Å². The fraction of sp³-hybridized carbons (Fsp3) is 0. The van der Waals surface area contributed by atoms with Gasteiger partial charge in [0.05, 0.1) is 0 Å². The lowest BCUT2D eigenvalue weighted by Crippen LogP contribution is -2.25. The number of phenolic OH excluding ortho intramolecular Hbond substituents is 1. The van der Waals surface area contributed by atoms with Gasteiger partial charge in [-0.25, -0.2) is 0 Å². The summed E-state index contributed by atoms with van der Waals surface area (Å²) < 4.78 is 1.32. The molecule has 1 aromatic rings. The Hall–Kier alpha value is -2.96. The third kappa shape index (κ3) is 1.45. The third-order valence-corrected chi connectivity index (χ3v) is 2.91. The smallest absolute Gasteiger partial charge is 0.228 e. The van der Waals surface area contributed by atoms with E-state index in [-0.39, 0.29) is 28.2 Å². The van der Waals surface area contributed by atoms with Crippen molar-refractivity contribution in [2.45, 2.75) is 0 Å². The molecule has 0 atom stereocenters. The maximum Gasteiger partial charge on any atom is 0.228 e. The van der Waals surface area contributed by atoms with E-state index in [2.05, 4.69) is 0 Å². The lowest BCUT2D eigenvalue weighted by molar-refractivity contribution is 0.177. The number of rotatable bonds is 0. The van der Waals surface area contributed by atoms with Crippen molar-refractivity contribution in [3.05, 3.63) is 50.8 Å². The topological polar surface area (TPSA) is 105 Å². The Labute approximate surface area is 105 Å². The highest BCUT2D eigenvalue weighted by Gasteiger charge is 2.18. The normalized spacial score (nSPS) is 11.2. The van der Waals surface area contributed by atoms with Crippen LogP contribution in [0, 0.1) is 0 Å². The standard InChI is InChI=1S/C12H8N2O5/c15-6-1-2-7-8(3-6)14(19)10-5-12(17)11(16)4-9(10)13(7)18/h1-5,15,18-19H. The highest BCUT2D eigenvalue weighted by molar-refractivity contribution is 5.81. The molecule has 3 rings (SSSR count). The molecule has 1 aliphatic heterocycles. The fourth-order valence-corrected chi connectivity index (χ4v) is 2.00. The number of aromatic hydroxyl groups is 1. The fourth-order valence-electron chi connectivity index (χ4n) is 2.00. The van der Waals surface area contributed by atoms with Gasteiger partial charge in [-0.05, 0) is 12.1 Å². The molecule has 1 aliphatic carbocycles. The number of hydrogen-bond acceptors (Lipinski definition) is 5. The Morgan fingerprint density at radius 1 is 0.789 bits per heavy atom. The average Bonchev–Trinajstić information content (AvgIpc) is 2.38. The van der Waals surface area contributed by atoms with Gasteiger partial charge in [0.15, 0.2) is 0 Å². The predicted molar refractivity (Wildman–Crippen MR) is 65.1 cm³/mol. The van der Waals surface area contributed by atoms with Gasteiger partial charge in [0.1, 0.15) is 28.2 Å². The van der Waals surface area contributed by atoms with Crippen molar-refractivity contribution in [1.29, 1.82) is 0 Å². The highest BCUT2D eigenvalue weighted by atomic mass is 16.5. The van der Waals surface area contributed by atoms with E-state index in [9.17, 15) is 25.1 Å². The van der Waals surface area contributed by atoms with Gasteiger partial charge in [-0.2, -0.15) is 9.46 Å². The summed E-state index contributed by atoms with van der Waals surface area (Å²) in [5.74, 6) is -0.113. The first-order chi connectivity index (χ1) is 8.99. The van der Waals surface area contributed by atoms with Crippen LogP contribution < -0.4 is 10.9 Å². The zero-order valence-corrected chi connectivity index (χ0v) is 9.44. The molecule has 19 heavy (non-hydrogen) atoms. The molecule has 96 valence electrons. The zero-order chi connectivity index (χ0) is 13.7. The van der Waals surface area contributed by atoms with Crippen LogP contribution in [-0.4, -0.2) is 25.0 Å². The number of aromatic nitrogens is 2. The molecule has 0 amide bonds. The molecule has 7 heteroatoms. The van der Waals surface area contributed by atoms with Crippen LogP contribution in [0.5, 0.6) is 5.75 Å². The van der Waals surface area contributed by atoms with E-state index in [1.165, 1.54) is 18.2 Å². The van der Waals surface area contributed by atoms with E-state index in [4.69, 9.17) is 0 Å². The second-order valence-corrected chi connectivity index (χ2v) is 4.08. The first-order valence-corrected chi connectivity index (χ1v) is 5.32. The van der Waals surface area contributed by atoms with Crippen molar-refractivity contribution < 1.29 is 15.5 Å². The summed E-state index contributed by atoms with van der Waals surface area (Å²) >= 11 is 0. The molecule has 0 radical (unpaired) electrons. The molecule has 0 fully saturated rings. The van der Waals surface area contributed by atoms with Crippen LogP contribution in [0.25, 0.3) is 22.4 Å². The van der Waals surface area contributed by atoms with Gasteiger partial charge >= 0.3 is 0 Å². The minimum Gasteiger partial charge on any atom is -0.508 e. The Bertz CT molecular complexity index is 893. The molecule has 0 saturated heterocycles. The van der Waals surface area contributed by atoms with Crippen LogP contribution in [0.2, 0.25) is 0 Å². The molecule has 0 saturated carbocycles. The molecule has 0 aromatic heterocycles. The van der Waals surface area contributed by atoms with E-state index in [1.54, 1.807) is 0 Å². The SMILES string of the molecule is O=c1cc2n(O)c3ccc(O)cc3n(O)c-2cc1=O. The van der Waals surface area contributed by atoms with E-state index in [1.807, 2.05) is 0 Å². The number of nitrogens with zero attached hydrogens (tertiary/aromatic N) is 2. The van der Waals surface area contributed by atoms with Gasteiger partial charge in [-0.15, -0.1) is 0 Å². The maximum absolute atomic E-state index is 11.3. The van der Waals surface area contributed by atoms with Crippen molar-refractivity contribution in [2.24, 2.45) is 0 Å². The van der Waals surface area contributed by atoms with Crippen molar-refractivity contribution in [2.75, 3.05) is 0 Å². The number of fused-ring (bicyclic) bond motifs is 2. The van der Waals surface area contributed by atoms with E-state index in [0.717, 1.165) is 12.1 Å². The molecule has 3 N–H and O–H groups in total. The van der Waals surface area contributed by atoms with E-state index < -0.39 is 10.9 Å². The quantitative estimate of drug-likeness (QED) is 0.309. The van der Waals surface area contributed by atoms with Crippen LogP contribution in [0.1, 0.15) is 0 Å². The second-order valence-electron chi connectivity index (χ2n) is 4.08. The van der Waals surface area contributed by atoms with Crippen LogP contribution in [0.3, 0.4) is 0 Å². The largest absolute Gasteiger partial charge is 0.508 e. The lowest BCUT2D eigenvalue weighted by atomic mass is 10.1.